The third-order valence-electron chi connectivity index (χ3n) is 5.32. The summed E-state index contributed by atoms with van der Waals surface area (Å²) in [5, 5.41) is 2.97. The van der Waals surface area contributed by atoms with Crippen LogP contribution in [0.4, 0.5) is 0 Å². The van der Waals surface area contributed by atoms with E-state index in [-0.39, 0.29) is 29.3 Å². The molecule has 0 aliphatic carbocycles. The molecule has 1 amide bonds. The van der Waals surface area contributed by atoms with Gasteiger partial charge in [-0.05, 0) is 57.9 Å². The largest absolute Gasteiger partial charge is 0.491 e. The average Bonchev–Trinajstić information content (AvgIpc) is 2.74. The number of sulfonamides is 1. The fraction of sp³-hybridized carbons (Fsp3) is 0.435. The molecule has 2 aromatic rings. The van der Waals surface area contributed by atoms with Crippen LogP contribution in [0.25, 0.3) is 0 Å². The third-order valence-corrected chi connectivity index (χ3v) is 7.20. The summed E-state index contributed by atoms with van der Waals surface area (Å²) in [6.45, 7) is 6.81. The van der Waals surface area contributed by atoms with Gasteiger partial charge in [0.15, 0.2) is 0 Å². The smallest absolute Gasteiger partial charge is 0.243 e. The molecule has 2 aromatic carbocycles. The molecule has 1 fully saturated rings. The molecule has 0 bridgehead atoms. The number of aryl methyl sites for hydroxylation is 2. The lowest BCUT2D eigenvalue weighted by molar-refractivity contribution is -0.126. The summed E-state index contributed by atoms with van der Waals surface area (Å²) >= 11 is 0. The predicted molar refractivity (Wildman–Crippen MR) is 117 cm³/mol. The Balaban J connectivity index is 1.55. The van der Waals surface area contributed by atoms with Crippen molar-refractivity contribution in [3.8, 4) is 5.75 Å². The SMILES string of the molecule is Cc1ccc(OCC(C)NC(=O)C2CCCN(S(=O)(=O)c3ccc(C)cc3)C2)cc1. The van der Waals surface area contributed by atoms with Crippen molar-refractivity contribution in [3.05, 3.63) is 59.7 Å². The minimum atomic E-state index is -3.59. The van der Waals surface area contributed by atoms with Crippen molar-refractivity contribution >= 4 is 15.9 Å². The quantitative estimate of drug-likeness (QED) is 0.731. The van der Waals surface area contributed by atoms with Crippen LogP contribution < -0.4 is 10.1 Å². The van der Waals surface area contributed by atoms with Crippen LogP contribution in [0.2, 0.25) is 0 Å². The molecule has 0 spiro atoms. The fourth-order valence-corrected chi connectivity index (χ4v) is 5.02. The van der Waals surface area contributed by atoms with Gasteiger partial charge >= 0.3 is 0 Å². The maximum atomic E-state index is 12.9. The Morgan fingerprint density at radius 1 is 1.10 bits per heavy atom. The molecule has 162 valence electrons. The van der Waals surface area contributed by atoms with Gasteiger partial charge in [-0.1, -0.05) is 35.4 Å². The average molecular weight is 431 g/mol. The lowest BCUT2D eigenvalue weighted by Crippen LogP contribution is -2.48. The van der Waals surface area contributed by atoms with Crippen LogP contribution in [-0.4, -0.2) is 44.4 Å². The molecule has 1 aliphatic rings. The molecule has 7 heteroatoms. The number of amides is 1. The van der Waals surface area contributed by atoms with Gasteiger partial charge in [0, 0.05) is 13.1 Å². The van der Waals surface area contributed by atoms with Crippen LogP contribution in [-0.2, 0) is 14.8 Å². The van der Waals surface area contributed by atoms with E-state index in [1.54, 1.807) is 24.3 Å². The molecule has 2 atom stereocenters. The van der Waals surface area contributed by atoms with Gasteiger partial charge in [-0.2, -0.15) is 4.31 Å². The maximum Gasteiger partial charge on any atom is 0.243 e. The van der Waals surface area contributed by atoms with Crippen molar-refractivity contribution in [2.24, 2.45) is 5.92 Å². The topological polar surface area (TPSA) is 75.7 Å². The minimum absolute atomic E-state index is 0.126. The maximum absolute atomic E-state index is 12.9. The summed E-state index contributed by atoms with van der Waals surface area (Å²) in [6, 6.07) is 14.4. The number of nitrogens with zero attached hydrogens (tertiary/aromatic N) is 1. The molecule has 1 N–H and O–H groups in total. The predicted octanol–water partition coefficient (Wildman–Crippen LogP) is 3.29. The first kappa shape index (κ1) is 22.3. The van der Waals surface area contributed by atoms with E-state index in [2.05, 4.69) is 5.32 Å². The first-order chi connectivity index (χ1) is 14.3. The van der Waals surface area contributed by atoms with Gasteiger partial charge < -0.3 is 10.1 Å². The highest BCUT2D eigenvalue weighted by Crippen LogP contribution is 2.24. The number of carbonyl (C=O) groups excluding carboxylic acids is 1. The van der Waals surface area contributed by atoms with E-state index in [9.17, 15) is 13.2 Å². The van der Waals surface area contributed by atoms with E-state index in [4.69, 9.17) is 4.74 Å². The molecular formula is C23H30N2O4S. The van der Waals surface area contributed by atoms with Gasteiger partial charge in [-0.25, -0.2) is 8.42 Å². The van der Waals surface area contributed by atoms with E-state index >= 15 is 0 Å². The summed E-state index contributed by atoms with van der Waals surface area (Å²) in [6.07, 6.45) is 1.34. The van der Waals surface area contributed by atoms with Crippen molar-refractivity contribution < 1.29 is 17.9 Å². The second kappa shape index (κ2) is 9.62. The standard InChI is InChI=1S/C23H30N2O4S/c1-17-6-10-21(11-7-17)29-16-19(3)24-23(26)20-5-4-14-25(15-20)30(27,28)22-12-8-18(2)9-13-22/h6-13,19-20H,4-5,14-16H2,1-3H3,(H,24,26). The molecule has 1 aliphatic heterocycles. The molecule has 0 aromatic heterocycles. The zero-order valence-corrected chi connectivity index (χ0v) is 18.6. The monoisotopic (exact) mass is 430 g/mol. The zero-order chi connectivity index (χ0) is 21.7. The summed E-state index contributed by atoms with van der Waals surface area (Å²) in [4.78, 5) is 13.0. The van der Waals surface area contributed by atoms with E-state index in [0.717, 1.165) is 16.9 Å². The minimum Gasteiger partial charge on any atom is -0.491 e. The second-order valence-corrected chi connectivity index (χ2v) is 9.99. The van der Waals surface area contributed by atoms with E-state index < -0.39 is 10.0 Å². The van der Waals surface area contributed by atoms with Crippen molar-refractivity contribution in [2.45, 2.75) is 44.6 Å². The van der Waals surface area contributed by atoms with E-state index in [0.29, 0.717) is 26.0 Å². The number of piperidine rings is 1. The Bertz CT molecular complexity index is 956. The van der Waals surface area contributed by atoms with Crippen molar-refractivity contribution in [1.82, 2.24) is 9.62 Å². The number of nitrogens with one attached hydrogen (secondary N) is 1. The highest BCUT2D eigenvalue weighted by molar-refractivity contribution is 7.89. The van der Waals surface area contributed by atoms with E-state index in [1.165, 1.54) is 4.31 Å². The lowest BCUT2D eigenvalue weighted by Gasteiger charge is -2.31. The third kappa shape index (κ3) is 5.61. The van der Waals surface area contributed by atoms with Crippen LogP contribution in [0.15, 0.2) is 53.4 Å². The Morgan fingerprint density at radius 3 is 2.33 bits per heavy atom. The lowest BCUT2D eigenvalue weighted by atomic mass is 9.98. The van der Waals surface area contributed by atoms with Gasteiger partial charge in [0.2, 0.25) is 15.9 Å². The molecule has 30 heavy (non-hydrogen) atoms. The fourth-order valence-electron chi connectivity index (χ4n) is 3.49. The summed E-state index contributed by atoms with van der Waals surface area (Å²) in [5.41, 5.74) is 2.16. The van der Waals surface area contributed by atoms with Gasteiger partial charge in [0.25, 0.3) is 0 Å². The van der Waals surface area contributed by atoms with Crippen LogP contribution >= 0.6 is 0 Å². The van der Waals surface area contributed by atoms with Gasteiger partial charge in [-0.15, -0.1) is 0 Å². The van der Waals surface area contributed by atoms with Crippen molar-refractivity contribution in [2.75, 3.05) is 19.7 Å². The number of hydrogen-bond acceptors (Lipinski definition) is 4. The number of ether oxygens (including phenoxy) is 1. The highest BCUT2D eigenvalue weighted by Gasteiger charge is 2.33. The first-order valence-corrected chi connectivity index (χ1v) is 11.8. The van der Waals surface area contributed by atoms with Crippen LogP contribution in [0.5, 0.6) is 5.75 Å². The Kier molecular flexibility index (Phi) is 7.15. The molecule has 0 radical (unpaired) electrons. The van der Waals surface area contributed by atoms with Gasteiger partial charge in [0.05, 0.1) is 16.9 Å². The van der Waals surface area contributed by atoms with Crippen LogP contribution in [0, 0.1) is 19.8 Å². The molecule has 1 saturated heterocycles. The number of carbonyl (C=O) groups is 1. The summed E-state index contributed by atoms with van der Waals surface area (Å²) < 4.78 is 33.1. The molecule has 1 heterocycles. The first-order valence-electron chi connectivity index (χ1n) is 10.3. The molecule has 6 nitrogen and oxygen atoms in total. The van der Waals surface area contributed by atoms with Gasteiger partial charge in [0.1, 0.15) is 12.4 Å². The highest BCUT2D eigenvalue weighted by atomic mass is 32.2. The van der Waals surface area contributed by atoms with Crippen LogP contribution in [0.1, 0.15) is 30.9 Å². The van der Waals surface area contributed by atoms with Crippen molar-refractivity contribution in [3.63, 3.8) is 0 Å². The summed E-state index contributed by atoms with van der Waals surface area (Å²) in [5.74, 6) is 0.273. The number of benzene rings is 2. The Morgan fingerprint density at radius 2 is 1.70 bits per heavy atom. The zero-order valence-electron chi connectivity index (χ0n) is 17.8. The molecular weight excluding hydrogens is 400 g/mol. The van der Waals surface area contributed by atoms with Crippen molar-refractivity contribution in [1.29, 1.82) is 0 Å². The normalized spacial score (nSPS) is 18.6. The van der Waals surface area contributed by atoms with Gasteiger partial charge in [-0.3, -0.25) is 4.79 Å². The Labute approximate surface area is 179 Å². The summed E-state index contributed by atoms with van der Waals surface area (Å²) in [7, 11) is -3.59. The Hall–Kier alpha value is -2.38. The molecule has 0 saturated carbocycles. The molecule has 3 rings (SSSR count). The number of hydrogen-bond donors (Lipinski definition) is 1. The number of rotatable bonds is 7. The molecule has 2 unspecified atom stereocenters. The van der Waals surface area contributed by atoms with Crippen LogP contribution in [0.3, 0.4) is 0 Å². The second-order valence-electron chi connectivity index (χ2n) is 8.05. The van der Waals surface area contributed by atoms with E-state index in [1.807, 2.05) is 45.0 Å².